The molecule has 0 spiro atoms. The Morgan fingerprint density at radius 1 is 0.300 bits per heavy atom. The standard InChI is InChI=1S/C24H40N4OS.C23H38N4OS.C21H34N4OS.C20H32N4OS.4F6P/c1-7-9-12-28(13-10-8-2)23-26-20-15-21(19(27-25)16-22(20)30-23)29-14-11-18(3)17-24(4,5)6;1-4-7-10-11-12-13-16-28-21-17-20-22(18-19(21)26-24)29-23(25-20)27(14-8-5-2)15-9-6-3;1-4-7-10-11-14-26-19-15-18-20(16-17(19)24-22)27-21(23-18)25(12-8-5-2)13-9-6-3;1-5-9-11-24(12-10-6-2)20-22-17-13-18(25-15(7-3)8-4)16(23-21)14-19(17)26-20;4*1-7(2,3,4,5)6/h15-16,18,25H,7-14,17H2,1-6H3;17-18,24H,4-16H2,1-3H3;15-16,22H,4-14H2,1-3H3;13-15,21H,5-12H2,1-4H3;;;;/q;;;;4*-1/p+4. The fraction of sp³-hybridized carbons (Fsp3) is 0.682. The number of nitrogens with zero attached hydrogens (tertiary/aromatic N) is 12. The Hall–Kier alpha value is -6.72. The summed E-state index contributed by atoms with van der Waals surface area (Å²) in [6.07, 6.45) is 35.5. The minimum atomic E-state index is -10.7. The topological polar surface area (TPSA) is 253 Å². The van der Waals surface area contributed by atoms with Crippen molar-refractivity contribution in [3.05, 3.63) is 48.5 Å². The third-order valence-electron chi connectivity index (χ3n) is 19.8. The average molecular weight is 2200 g/mol. The van der Waals surface area contributed by atoms with E-state index in [1.54, 1.807) is 45.3 Å². The fourth-order valence-electron chi connectivity index (χ4n) is 13.0. The van der Waals surface area contributed by atoms with Gasteiger partial charge in [0.15, 0.2) is 66.3 Å². The summed E-state index contributed by atoms with van der Waals surface area (Å²) in [5.41, 5.74) is 29.6. The van der Waals surface area contributed by atoms with Crippen LogP contribution in [0.15, 0.2) is 69.0 Å². The van der Waals surface area contributed by atoms with Gasteiger partial charge >= 0.3 is 132 Å². The molecule has 1 unspecified atom stereocenters. The summed E-state index contributed by atoms with van der Waals surface area (Å²) in [6.45, 7) is 46.3. The number of nitrogens with two attached hydrogens (primary N) is 4. The second kappa shape index (κ2) is 55.7. The molecule has 816 valence electrons. The van der Waals surface area contributed by atoms with Crippen LogP contribution in [0.3, 0.4) is 0 Å². The van der Waals surface area contributed by atoms with E-state index in [1.165, 1.54) is 161 Å². The summed E-state index contributed by atoms with van der Waals surface area (Å²) in [4.78, 5) is 29.3. The summed E-state index contributed by atoms with van der Waals surface area (Å²) in [5, 5.41) is 20.2. The van der Waals surface area contributed by atoms with Crippen molar-refractivity contribution in [2.24, 2.45) is 31.8 Å². The molecule has 140 heavy (non-hydrogen) atoms. The van der Waals surface area contributed by atoms with Crippen LogP contribution < -0.4 is 60.7 Å². The monoisotopic (exact) mass is 2200 g/mol. The van der Waals surface area contributed by atoms with Crippen LogP contribution in [0.25, 0.3) is 40.9 Å². The van der Waals surface area contributed by atoms with Gasteiger partial charge in [-0.05, 0) is 146 Å². The van der Waals surface area contributed by atoms with Gasteiger partial charge in [-0.25, -0.2) is 19.9 Å². The molecule has 0 aliphatic carbocycles. The number of fused-ring (bicyclic) bond motifs is 4. The molecule has 0 amide bonds. The zero-order chi connectivity index (χ0) is 107. The molecule has 0 aliphatic rings. The summed E-state index contributed by atoms with van der Waals surface area (Å²) < 4.78 is 265. The van der Waals surface area contributed by atoms with Gasteiger partial charge in [0, 0.05) is 76.6 Å². The van der Waals surface area contributed by atoms with Crippen LogP contribution >= 0.6 is 76.6 Å². The van der Waals surface area contributed by atoms with Gasteiger partial charge in [-0.15, -0.1) is 0 Å². The Bertz CT molecular complexity index is 4800. The summed E-state index contributed by atoms with van der Waals surface area (Å²) in [7, 11) is -42.6. The van der Waals surface area contributed by atoms with Gasteiger partial charge in [-0.2, -0.15) is 22.1 Å². The third kappa shape index (κ3) is 68.6. The Morgan fingerprint density at radius 3 is 0.714 bits per heavy atom. The van der Waals surface area contributed by atoms with E-state index in [2.05, 4.69) is 151 Å². The molecule has 0 bridgehead atoms. The number of benzene rings is 4. The van der Waals surface area contributed by atoms with E-state index in [9.17, 15) is 101 Å². The molecule has 8 rings (SSSR count). The van der Waals surface area contributed by atoms with Crippen LogP contribution in [0.4, 0.5) is 144 Å². The molecule has 0 saturated carbocycles. The quantitative estimate of drug-likeness (QED) is 0.0120. The van der Waals surface area contributed by atoms with Gasteiger partial charge in [-0.3, -0.25) is 0 Å². The molecule has 8 N–H and O–H groups in total. The van der Waals surface area contributed by atoms with Gasteiger partial charge in [0.25, 0.3) is 0 Å². The van der Waals surface area contributed by atoms with Crippen molar-refractivity contribution in [3.8, 4) is 23.0 Å². The Kier molecular flexibility index (Phi) is 52.2. The minimum absolute atomic E-state index is 0.177. The first-order valence-corrected chi connectivity index (χ1v) is 58.8. The summed E-state index contributed by atoms with van der Waals surface area (Å²) in [5.74, 6) is 3.58. The molecule has 0 radical (unpaired) electrons. The molecule has 4 heterocycles. The van der Waals surface area contributed by atoms with Crippen molar-refractivity contribution in [1.29, 1.82) is 0 Å². The SMILES string of the molecule is CCCCCCCCOc1cc2nc(N(CCCC)CCCC)sc2cc1N=[NH2+].CCCCCCOc1cc2nc(N(CCCC)CCCC)sc2cc1N=[NH2+].CCCCN(CCCC)c1nc2cc(OC(CC)CC)c(N=[NH2+])cc2s1.CCCCN(CCCC)c1nc2cc(OCCC(C)CC(C)(C)C)c(N=[NH2+])cc2s1.F[P-](F)(F)(F)(F)F.F[P-](F)(F)(F)(F)F.F[P-](F)(F)(F)(F)F.F[P-](F)(F)(F)(F)F. The van der Waals surface area contributed by atoms with E-state index in [-0.39, 0.29) is 6.10 Å². The maximum absolute atomic E-state index is 10.7. The van der Waals surface area contributed by atoms with Crippen molar-refractivity contribution in [2.45, 2.75) is 310 Å². The first-order chi connectivity index (χ1) is 64.2. The third-order valence-corrected chi connectivity index (χ3v) is 24.1. The van der Waals surface area contributed by atoms with Gasteiger partial charge in [-0.1, -0.05) is 259 Å². The van der Waals surface area contributed by atoms with Crippen LogP contribution in [-0.4, -0.2) is 98.2 Å². The van der Waals surface area contributed by atoms with Crippen molar-refractivity contribution < 1.29 is 142 Å². The van der Waals surface area contributed by atoms with Crippen LogP contribution in [0.5, 0.6) is 23.0 Å². The van der Waals surface area contributed by atoms with E-state index >= 15 is 0 Å². The number of thiazole rings is 4. The normalized spacial score (nSPS) is 13.9. The average Bonchev–Trinajstić information content (AvgIpc) is 1.76. The first-order valence-electron chi connectivity index (χ1n) is 47.4. The van der Waals surface area contributed by atoms with Gasteiger partial charge in [0.2, 0.25) is 0 Å². The second-order valence-corrected chi connectivity index (χ2v) is 46.6. The van der Waals surface area contributed by atoms with Gasteiger partial charge in [0.1, 0.15) is 0 Å². The zero-order valence-corrected chi connectivity index (χ0v) is 89.9. The fourth-order valence-corrected chi connectivity index (χ4v) is 17.2. The Morgan fingerprint density at radius 2 is 0.500 bits per heavy atom. The molecule has 0 fully saturated rings. The number of hydrogen-bond donors (Lipinski definition) is 4. The molecule has 4 aromatic heterocycles. The summed E-state index contributed by atoms with van der Waals surface area (Å²) >= 11 is 6.89. The Balaban J connectivity index is 0.000000852. The maximum atomic E-state index is 9.87. The van der Waals surface area contributed by atoms with Crippen LogP contribution in [0.1, 0.15) is 303 Å². The van der Waals surface area contributed by atoms with Crippen LogP contribution in [0, 0.1) is 11.3 Å². The molecule has 0 aliphatic heterocycles. The number of ether oxygens (including phenoxy) is 4. The number of unbranched alkanes of at least 4 members (excludes halogenated alkanes) is 16. The van der Waals surface area contributed by atoms with Gasteiger partial charge < -0.3 is 38.5 Å². The van der Waals surface area contributed by atoms with E-state index in [0.717, 1.165) is 169 Å². The number of halogens is 24. The predicted octanol–water partition coefficient (Wildman–Crippen LogP) is 36.8. The molecule has 0 saturated heterocycles. The first kappa shape index (κ1) is 131. The number of rotatable bonds is 55. The molecular weight excluding hydrogens is 2050 g/mol. The zero-order valence-electron chi connectivity index (χ0n) is 83.1. The van der Waals surface area contributed by atoms with E-state index in [0.29, 0.717) is 53.9 Å². The molecule has 20 nitrogen and oxygen atoms in total. The van der Waals surface area contributed by atoms with Crippen molar-refractivity contribution in [2.75, 3.05) is 91.8 Å². The molecule has 4 aromatic carbocycles. The predicted molar refractivity (Wildman–Crippen MR) is 534 cm³/mol. The van der Waals surface area contributed by atoms with Crippen molar-refractivity contribution >= 4 is 161 Å². The Labute approximate surface area is 822 Å². The number of anilines is 4. The van der Waals surface area contributed by atoms with E-state index < -0.39 is 31.2 Å². The van der Waals surface area contributed by atoms with Crippen LogP contribution in [-0.2, 0) is 0 Å². The number of hydrogen-bond acceptors (Lipinski definition) is 20. The number of aromatic nitrogens is 4. The van der Waals surface area contributed by atoms with Crippen molar-refractivity contribution in [3.63, 3.8) is 0 Å². The molecule has 1 atom stereocenters. The van der Waals surface area contributed by atoms with Crippen molar-refractivity contribution in [1.82, 2.24) is 19.9 Å². The molecule has 52 heteroatoms. The molecule has 8 aromatic rings. The van der Waals surface area contributed by atoms with Gasteiger partial charge in [0.05, 0.1) is 66.8 Å². The van der Waals surface area contributed by atoms with E-state index in [1.807, 2.05) is 48.5 Å². The summed E-state index contributed by atoms with van der Waals surface area (Å²) in [6, 6.07) is 16.1. The van der Waals surface area contributed by atoms with E-state index in [4.69, 9.17) is 61.0 Å². The molecular formula is C88H148F24N16O4P4S4. The van der Waals surface area contributed by atoms with Crippen LogP contribution in [0.2, 0.25) is 0 Å². The second-order valence-electron chi connectivity index (χ2n) is 34.9.